The molecule has 0 unspecified atom stereocenters. The molecule has 6 heteroatoms. The Kier molecular flexibility index (Phi) is 15.1. The second-order valence-electron chi connectivity index (χ2n) is 8.10. The maximum Gasteiger partial charge on any atom is 0.106 e. The number of aromatic nitrogens is 1. The lowest BCUT2D eigenvalue weighted by molar-refractivity contribution is 0.587. The van der Waals surface area contributed by atoms with Crippen LogP contribution < -0.4 is 16.0 Å². The molecule has 0 atom stereocenters. The van der Waals surface area contributed by atoms with Crippen molar-refractivity contribution in [1.29, 1.82) is 0 Å². The average molecular weight is 461 g/mol. The first-order chi connectivity index (χ1) is 14.9. The number of thiazole rings is 1. The summed E-state index contributed by atoms with van der Waals surface area (Å²) >= 11 is 3.49. The zero-order valence-electron chi connectivity index (χ0n) is 19.9. The predicted octanol–water partition coefficient (Wildman–Crippen LogP) is 6.07. The van der Waals surface area contributed by atoms with Gasteiger partial charge in [0.25, 0.3) is 0 Å². The van der Waals surface area contributed by atoms with Crippen LogP contribution in [0.25, 0.3) is 0 Å². The molecule has 0 radical (unpaired) electrons. The summed E-state index contributed by atoms with van der Waals surface area (Å²) in [5, 5.41) is 15.3. The minimum Gasteiger partial charge on any atom is -0.310 e. The Morgan fingerprint density at radius 3 is 1.81 bits per heavy atom. The molecule has 3 rings (SSSR count). The molecule has 0 fully saturated rings. The molecule has 1 aromatic carbocycles. The van der Waals surface area contributed by atoms with E-state index in [0.717, 1.165) is 24.6 Å². The van der Waals surface area contributed by atoms with E-state index in [1.54, 1.807) is 22.7 Å². The van der Waals surface area contributed by atoms with Crippen molar-refractivity contribution in [1.82, 2.24) is 20.9 Å². The van der Waals surface area contributed by atoms with Crippen LogP contribution in [-0.4, -0.2) is 23.1 Å². The quantitative estimate of drug-likeness (QED) is 0.363. The van der Waals surface area contributed by atoms with E-state index < -0.39 is 0 Å². The molecule has 0 aliphatic rings. The molecular weight excluding hydrogens is 420 g/mol. The monoisotopic (exact) mass is 460 g/mol. The number of hydrogen-bond donors (Lipinski definition) is 3. The van der Waals surface area contributed by atoms with Crippen molar-refractivity contribution in [2.75, 3.05) is 0 Å². The molecule has 0 spiro atoms. The summed E-state index contributed by atoms with van der Waals surface area (Å²) < 4.78 is 0. The lowest BCUT2D eigenvalue weighted by Gasteiger charge is -2.06. The molecule has 3 N–H and O–H groups in total. The Labute approximate surface area is 197 Å². The summed E-state index contributed by atoms with van der Waals surface area (Å²) in [5.41, 5.74) is 1.35. The van der Waals surface area contributed by atoms with E-state index in [-0.39, 0.29) is 0 Å². The van der Waals surface area contributed by atoms with E-state index in [9.17, 15) is 0 Å². The topological polar surface area (TPSA) is 49.0 Å². The number of nitrogens with zero attached hydrogens (tertiary/aromatic N) is 1. The van der Waals surface area contributed by atoms with Crippen LogP contribution in [0.5, 0.6) is 0 Å². The van der Waals surface area contributed by atoms with Gasteiger partial charge in [0, 0.05) is 54.2 Å². The highest BCUT2D eigenvalue weighted by molar-refractivity contribution is 7.10. The Balaban J connectivity index is 0.000000233. The van der Waals surface area contributed by atoms with Crippen molar-refractivity contribution >= 4 is 22.7 Å². The largest absolute Gasteiger partial charge is 0.310 e. The summed E-state index contributed by atoms with van der Waals surface area (Å²) in [6, 6.07) is 16.4. The standard InChI is InChI=1S/C10H15N.C8H13NS.C7H12N2S/c1-9(2)11-8-10-6-4-3-5-7-10;1-7(2)9-6-8-4-3-5-10-8;1-6(2)9-5-7-8-3-4-10-7/h3-7,9,11H,8H2,1-2H3;3-5,7,9H,6H2,1-2H3;3-4,6,9H,5H2,1-2H3. The molecule has 2 heterocycles. The smallest absolute Gasteiger partial charge is 0.106 e. The molecule has 2 aromatic heterocycles. The van der Waals surface area contributed by atoms with Gasteiger partial charge < -0.3 is 16.0 Å². The fourth-order valence-electron chi connectivity index (χ4n) is 2.27. The van der Waals surface area contributed by atoms with Crippen molar-refractivity contribution in [3.8, 4) is 0 Å². The first-order valence-electron chi connectivity index (χ1n) is 11.0. The third-order valence-corrected chi connectivity index (χ3v) is 5.62. The molecule has 31 heavy (non-hydrogen) atoms. The first kappa shape index (κ1) is 27.5. The van der Waals surface area contributed by atoms with E-state index in [2.05, 4.69) is 104 Å². The summed E-state index contributed by atoms with van der Waals surface area (Å²) in [6.07, 6.45) is 1.84. The van der Waals surface area contributed by atoms with Gasteiger partial charge in [0.05, 0.1) is 0 Å². The summed E-state index contributed by atoms with van der Waals surface area (Å²) in [4.78, 5) is 5.56. The fourth-order valence-corrected chi connectivity index (χ4v) is 3.49. The van der Waals surface area contributed by atoms with Crippen LogP contribution in [-0.2, 0) is 19.6 Å². The highest BCUT2D eigenvalue weighted by atomic mass is 32.1. The van der Waals surface area contributed by atoms with Gasteiger partial charge in [-0.2, -0.15) is 0 Å². The van der Waals surface area contributed by atoms with E-state index in [1.165, 1.54) is 10.4 Å². The third-order valence-electron chi connectivity index (χ3n) is 3.97. The van der Waals surface area contributed by atoms with Gasteiger partial charge in [-0.25, -0.2) is 4.98 Å². The highest BCUT2D eigenvalue weighted by Crippen LogP contribution is 2.07. The fraction of sp³-hybridized carbons (Fsp3) is 0.480. The van der Waals surface area contributed by atoms with E-state index in [4.69, 9.17) is 0 Å². The van der Waals surface area contributed by atoms with Gasteiger partial charge >= 0.3 is 0 Å². The Hall–Kier alpha value is -1.57. The number of hydrogen-bond acceptors (Lipinski definition) is 6. The van der Waals surface area contributed by atoms with Crippen LogP contribution in [0.4, 0.5) is 0 Å². The second kappa shape index (κ2) is 17.0. The van der Waals surface area contributed by atoms with Crippen LogP contribution in [0.15, 0.2) is 59.4 Å². The molecule has 4 nitrogen and oxygen atoms in total. The number of benzene rings is 1. The Morgan fingerprint density at radius 1 is 0.677 bits per heavy atom. The molecule has 0 amide bonds. The summed E-state index contributed by atoms with van der Waals surface area (Å²) in [6.45, 7) is 15.8. The van der Waals surface area contributed by atoms with Gasteiger partial charge in [-0.05, 0) is 17.0 Å². The van der Waals surface area contributed by atoms with Crippen molar-refractivity contribution in [2.45, 2.75) is 79.3 Å². The van der Waals surface area contributed by atoms with Crippen LogP contribution in [0.3, 0.4) is 0 Å². The number of thiophene rings is 1. The SMILES string of the molecule is CC(C)NCc1ccccc1.CC(C)NCc1cccs1.CC(C)NCc1nccs1. The maximum atomic E-state index is 4.14. The lowest BCUT2D eigenvalue weighted by atomic mass is 10.2. The minimum absolute atomic E-state index is 0.545. The van der Waals surface area contributed by atoms with Crippen LogP contribution in [0.2, 0.25) is 0 Å². The van der Waals surface area contributed by atoms with Crippen LogP contribution in [0.1, 0.15) is 57.0 Å². The zero-order chi connectivity index (χ0) is 22.9. The first-order valence-corrected chi connectivity index (χ1v) is 12.8. The van der Waals surface area contributed by atoms with Gasteiger partial charge in [0.2, 0.25) is 0 Å². The van der Waals surface area contributed by atoms with Crippen molar-refractivity contribution in [2.24, 2.45) is 0 Å². The molecule has 0 bridgehead atoms. The van der Waals surface area contributed by atoms with Gasteiger partial charge in [-0.1, -0.05) is 77.9 Å². The normalized spacial score (nSPS) is 10.6. The Morgan fingerprint density at radius 2 is 1.29 bits per heavy atom. The molecule has 0 aliphatic carbocycles. The van der Waals surface area contributed by atoms with Gasteiger partial charge in [0.1, 0.15) is 5.01 Å². The summed E-state index contributed by atoms with van der Waals surface area (Å²) in [5.74, 6) is 0. The van der Waals surface area contributed by atoms with Gasteiger partial charge in [0.15, 0.2) is 0 Å². The van der Waals surface area contributed by atoms with Crippen molar-refractivity contribution < 1.29 is 0 Å². The molecule has 0 saturated heterocycles. The number of nitrogens with one attached hydrogen (secondary N) is 3. The molecule has 172 valence electrons. The lowest BCUT2D eigenvalue weighted by Crippen LogP contribution is -2.21. The van der Waals surface area contributed by atoms with E-state index >= 15 is 0 Å². The van der Waals surface area contributed by atoms with Gasteiger partial charge in [-0.15, -0.1) is 22.7 Å². The minimum atomic E-state index is 0.545. The average Bonchev–Trinajstić information content (AvgIpc) is 3.45. The number of rotatable bonds is 9. The molecule has 3 aromatic rings. The van der Waals surface area contributed by atoms with Crippen LogP contribution >= 0.6 is 22.7 Å². The van der Waals surface area contributed by atoms with Crippen molar-refractivity contribution in [3.63, 3.8) is 0 Å². The van der Waals surface area contributed by atoms with E-state index in [1.807, 2.05) is 17.6 Å². The van der Waals surface area contributed by atoms with Gasteiger partial charge in [-0.3, -0.25) is 0 Å². The zero-order valence-corrected chi connectivity index (χ0v) is 21.5. The third kappa shape index (κ3) is 15.8. The predicted molar refractivity (Wildman–Crippen MR) is 139 cm³/mol. The van der Waals surface area contributed by atoms with Crippen LogP contribution in [0, 0.1) is 0 Å². The Bertz CT molecular complexity index is 697. The maximum absolute atomic E-state index is 4.14. The second-order valence-corrected chi connectivity index (χ2v) is 10.1. The van der Waals surface area contributed by atoms with Crippen molar-refractivity contribution in [3.05, 3.63) is 74.9 Å². The molecule has 0 aliphatic heterocycles. The molecular formula is C25H40N4S2. The van der Waals surface area contributed by atoms with E-state index in [0.29, 0.717) is 18.1 Å². The molecule has 0 saturated carbocycles. The highest BCUT2D eigenvalue weighted by Gasteiger charge is 1.95. The summed E-state index contributed by atoms with van der Waals surface area (Å²) in [7, 11) is 0.